The summed E-state index contributed by atoms with van der Waals surface area (Å²) in [5.74, 6) is 1.53. The summed E-state index contributed by atoms with van der Waals surface area (Å²) in [6, 6.07) is 6.79. The van der Waals surface area contributed by atoms with Gasteiger partial charge in [0.2, 0.25) is 0 Å². The highest BCUT2D eigenvalue weighted by Gasteiger charge is 2.23. The summed E-state index contributed by atoms with van der Waals surface area (Å²) in [7, 11) is 0. The molecule has 2 rings (SSSR count). The molecule has 1 heterocycles. The van der Waals surface area contributed by atoms with Crippen LogP contribution in [-0.2, 0) is 6.54 Å². The van der Waals surface area contributed by atoms with E-state index < -0.39 is 0 Å². The summed E-state index contributed by atoms with van der Waals surface area (Å²) in [5, 5.41) is 4.33. The molecule has 0 aromatic heterocycles. The van der Waals surface area contributed by atoms with Crippen molar-refractivity contribution in [3.63, 3.8) is 0 Å². The van der Waals surface area contributed by atoms with Gasteiger partial charge < -0.3 is 10.2 Å². The van der Waals surface area contributed by atoms with Gasteiger partial charge in [-0.3, -0.25) is 0 Å². The van der Waals surface area contributed by atoms with E-state index in [4.69, 9.17) is 11.6 Å². The number of hydrogen-bond acceptors (Lipinski definition) is 2. The van der Waals surface area contributed by atoms with Crippen molar-refractivity contribution in [1.82, 2.24) is 5.32 Å². The first-order valence-corrected chi connectivity index (χ1v) is 8.10. The van der Waals surface area contributed by atoms with Gasteiger partial charge in [0.05, 0.1) is 0 Å². The maximum absolute atomic E-state index is 6.18. The van der Waals surface area contributed by atoms with Crippen LogP contribution in [0.2, 0.25) is 5.02 Å². The van der Waals surface area contributed by atoms with Crippen LogP contribution in [0.3, 0.4) is 0 Å². The van der Waals surface area contributed by atoms with Crippen LogP contribution >= 0.6 is 11.6 Å². The van der Waals surface area contributed by atoms with Crippen LogP contribution in [0.25, 0.3) is 0 Å². The molecule has 20 heavy (non-hydrogen) atoms. The predicted molar refractivity (Wildman–Crippen MR) is 88.6 cm³/mol. The van der Waals surface area contributed by atoms with E-state index >= 15 is 0 Å². The van der Waals surface area contributed by atoms with Gasteiger partial charge >= 0.3 is 0 Å². The van der Waals surface area contributed by atoms with Gasteiger partial charge in [-0.2, -0.15) is 0 Å². The second-order valence-electron chi connectivity index (χ2n) is 6.66. The molecule has 0 radical (unpaired) electrons. The molecular weight excluding hydrogens is 268 g/mol. The standard InChI is InChI=1S/C17H27ClN2/c1-12(2)19-9-15-8-16(18)5-6-17(15)20-10-13(3)7-14(4)11-20/h5-6,8,12-14,19H,7,9-11H2,1-4H3. The van der Waals surface area contributed by atoms with Gasteiger partial charge in [-0.25, -0.2) is 0 Å². The number of anilines is 1. The fourth-order valence-corrected chi connectivity index (χ4v) is 3.37. The molecule has 1 aromatic carbocycles. The summed E-state index contributed by atoms with van der Waals surface area (Å²) in [5.41, 5.74) is 2.66. The van der Waals surface area contributed by atoms with E-state index in [0.29, 0.717) is 6.04 Å². The Bertz CT molecular complexity index is 435. The maximum Gasteiger partial charge on any atom is 0.0413 e. The van der Waals surface area contributed by atoms with Crippen molar-refractivity contribution in [1.29, 1.82) is 0 Å². The first-order valence-electron chi connectivity index (χ1n) is 7.72. The van der Waals surface area contributed by atoms with Crippen LogP contribution in [0.4, 0.5) is 5.69 Å². The van der Waals surface area contributed by atoms with E-state index in [9.17, 15) is 0 Å². The lowest BCUT2D eigenvalue weighted by Crippen LogP contribution is -2.39. The van der Waals surface area contributed by atoms with Gasteiger partial charge in [0.25, 0.3) is 0 Å². The zero-order valence-electron chi connectivity index (χ0n) is 13.1. The summed E-state index contributed by atoms with van der Waals surface area (Å²) >= 11 is 6.18. The monoisotopic (exact) mass is 294 g/mol. The van der Waals surface area contributed by atoms with Crippen LogP contribution in [0.15, 0.2) is 18.2 Å². The quantitative estimate of drug-likeness (QED) is 0.889. The summed E-state index contributed by atoms with van der Waals surface area (Å²) < 4.78 is 0. The van der Waals surface area contributed by atoms with E-state index in [1.807, 2.05) is 6.07 Å². The van der Waals surface area contributed by atoms with Gasteiger partial charge in [0.15, 0.2) is 0 Å². The minimum absolute atomic E-state index is 0.487. The Morgan fingerprint density at radius 3 is 2.50 bits per heavy atom. The molecular formula is C17H27ClN2. The molecule has 0 bridgehead atoms. The third kappa shape index (κ3) is 4.13. The molecule has 2 atom stereocenters. The van der Waals surface area contributed by atoms with E-state index in [-0.39, 0.29) is 0 Å². The Labute approximate surface area is 128 Å². The van der Waals surface area contributed by atoms with Gasteiger partial charge in [0, 0.05) is 36.4 Å². The minimum atomic E-state index is 0.487. The molecule has 112 valence electrons. The number of piperidine rings is 1. The maximum atomic E-state index is 6.18. The summed E-state index contributed by atoms with van der Waals surface area (Å²) in [6.45, 7) is 12.2. The Hall–Kier alpha value is -0.730. The molecule has 0 saturated carbocycles. The van der Waals surface area contributed by atoms with Gasteiger partial charge in [0.1, 0.15) is 0 Å². The molecule has 3 heteroatoms. The van der Waals surface area contributed by atoms with Crippen LogP contribution < -0.4 is 10.2 Å². The molecule has 1 fully saturated rings. The third-order valence-electron chi connectivity index (χ3n) is 3.95. The molecule has 1 aromatic rings. The van der Waals surface area contributed by atoms with Crippen LogP contribution in [0, 0.1) is 11.8 Å². The Kier molecular flexibility index (Phi) is 5.34. The molecule has 1 saturated heterocycles. The molecule has 1 aliphatic heterocycles. The largest absolute Gasteiger partial charge is 0.371 e. The zero-order chi connectivity index (χ0) is 14.7. The van der Waals surface area contributed by atoms with Gasteiger partial charge in [-0.15, -0.1) is 0 Å². The van der Waals surface area contributed by atoms with Gasteiger partial charge in [-0.1, -0.05) is 39.3 Å². The van der Waals surface area contributed by atoms with Crippen molar-refractivity contribution in [2.45, 2.75) is 46.7 Å². The number of benzene rings is 1. The van der Waals surface area contributed by atoms with Crippen LogP contribution in [-0.4, -0.2) is 19.1 Å². The summed E-state index contributed by atoms with van der Waals surface area (Å²) in [6.07, 6.45) is 1.34. The third-order valence-corrected chi connectivity index (χ3v) is 4.19. The molecule has 0 amide bonds. The van der Waals surface area contributed by atoms with Crippen molar-refractivity contribution in [2.75, 3.05) is 18.0 Å². The van der Waals surface area contributed by atoms with Crippen molar-refractivity contribution in [2.24, 2.45) is 11.8 Å². The average molecular weight is 295 g/mol. The minimum Gasteiger partial charge on any atom is -0.371 e. The van der Waals surface area contributed by atoms with Crippen molar-refractivity contribution in [3.05, 3.63) is 28.8 Å². The van der Waals surface area contributed by atoms with Gasteiger partial charge in [-0.05, 0) is 42.0 Å². The molecule has 2 nitrogen and oxygen atoms in total. The lowest BCUT2D eigenvalue weighted by atomic mass is 9.91. The molecule has 1 N–H and O–H groups in total. The predicted octanol–water partition coefficient (Wildman–Crippen LogP) is 4.32. The second-order valence-corrected chi connectivity index (χ2v) is 7.10. The smallest absolute Gasteiger partial charge is 0.0413 e. The number of nitrogens with one attached hydrogen (secondary N) is 1. The molecule has 2 unspecified atom stereocenters. The highest BCUT2D eigenvalue weighted by molar-refractivity contribution is 6.30. The highest BCUT2D eigenvalue weighted by atomic mass is 35.5. The first-order chi connectivity index (χ1) is 9.45. The Morgan fingerprint density at radius 2 is 1.90 bits per heavy atom. The van der Waals surface area contributed by atoms with E-state index in [0.717, 1.165) is 36.5 Å². The summed E-state index contributed by atoms with van der Waals surface area (Å²) in [4.78, 5) is 2.53. The molecule has 0 aliphatic carbocycles. The Morgan fingerprint density at radius 1 is 1.25 bits per heavy atom. The lowest BCUT2D eigenvalue weighted by molar-refractivity contribution is 0.356. The first kappa shape index (κ1) is 15.7. The van der Waals surface area contributed by atoms with Crippen molar-refractivity contribution < 1.29 is 0 Å². The second kappa shape index (κ2) is 6.82. The topological polar surface area (TPSA) is 15.3 Å². The van der Waals surface area contributed by atoms with Crippen molar-refractivity contribution in [3.8, 4) is 0 Å². The number of nitrogens with zero attached hydrogens (tertiary/aromatic N) is 1. The SMILES string of the molecule is CC1CC(C)CN(c2ccc(Cl)cc2CNC(C)C)C1. The van der Waals surface area contributed by atoms with E-state index in [2.05, 4.69) is 50.0 Å². The molecule has 0 spiro atoms. The fourth-order valence-electron chi connectivity index (χ4n) is 3.18. The highest BCUT2D eigenvalue weighted by Crippen LogP contribution is 2.30. The Balaban J connectivity index is 2.21. The number of halogens is 1. The number of rotatable bonds is 4. The van der Waals surface area contributed by atoms with Crippen LogP contribution in [0.5, 0.6) is 0 Å². The van der Waals surface area contributed by atoms with Crippen molar-refractivity contribution >= 4 is 17.3 Å². The lowest BCUT2D eigenvalue weighted by Gasteiger charge is -2.37. The fraction of sp³-hybridized carbons (Fsp3) is 0.647. The van der Waals surface area contributed by atoms with E-state index in [1.165, 1.54) is 17.7 Å². The zero-order valence-corrected chi connectivity index (χ0v) is 13.9. The average Bonchev–Trinajstić information content (AvgIpc) is 2.35. The normalized spacial score (nSPS) is 23.4. The van der Waals surface area contributed by atoms with Crippen LogP contribution in [0.1, 0.15) is 39.7 Å². The molecule has 1 aliphatic rings. The van der Waals surface area contributed by atoms with E-state index in [1.54, 1.807) is 0 Å². The number of hydrogen-bond donors (Lipinski definition) is 1.